The summed E-state index contributed by atoms with van der Waals surface area (Å²) in [4.78, 5) is 12.2. The third-order valence-corrected chi connectivity index (χ3v) is 15.1. The Balaban J connectivity index is 0.00000840. The Hall–Kier alpha value is -0.920. The molecule has 380 valence electrons. The Kier molecular flexibility index (Phi) is 29.5. The fourth-order valence-corrected chi connectivity index (χ4v) is 10.5. The third kappa shape index (κ3) is 20.9. The fraction of sp³-hybridized carbons (Fsp3) is 0.545. The number of anilines is 1. The molecule has 2 unspecified atom stereocenters. The molecule has 2 aliphatic heterocycles. The van der Waals surface area contributed by atoms with Crippen LogP contribution in [0.5, 0.6) is 0 Å². The number of hydrogen-bond acceptors (Lipinski definition) is 16. The Morgan fingerprint density at radius 2 is 1.28 bits per heavy atom. The van der Waals surface area contributed by atoms with Crippen LogP contribution in [0, 0.1) is 0 Å². The standard InChI is InChI=1S/C44H62N2O18S4.3Na/c1-43(19-10-30-65(49,50)51)36-32-34(67(55,56)57)15-17-38(36)45(21-9-5-8-14-42(47)48)40(43)12-6-4-7-13-41-44(2,20-11-31-66(52,53)54)37-33-35(68(58,59)60)16-18-39(37)46(41)22-23-62-26-27-64-29-28-63-25-24-61-3;;;/h4,6-7,12-13,15-18,32-33H,5,8-11,14,19-31H2,1-3H3,(H4-,47,48,49,50,51,52,53,54,55,56,57,58,59,60);;;/q;3*+1/p-1. The molecule has 71 heavy (non-hydrogen) atoms. The molecule has 0 saturated heterocycles. The molecule has 2 heterocycles. The number of aliphatic carboxylic acids is 1. The predicted octanol–water partition coefficient (Wildman–Crippen LogP) is -4.69. The number of carboxylic acid groups (broad SMARTS) is 1. The van der Waals surface area contributed by atoms with Gasteiger partial charge in [0, 0.05) is 66.8 Å². The quantitative estimate of drug-likeness (QED) is 0.0210. The zero-order chi connectivity index (χ0) is 50.4. The van der Waals surface area contributed by atoms with E-state index in [0.29, 0.717) is 86.1 Å². The first-order valence-corrected chi connectivity index (χ1v) is 27.9. The number of allylic oxidation sites excluding steroid dienone is 6. The first-order chi connectivity index (χ1) is 31.8. The number of nitrogens with zero attached hydrogens (tertiary/aromatic N) is 2. The molecule has 0 saturated carbocycles. The molecular formula is C44H61N2Na3O18S4+2. The molecule has 2 atom stereocenters. The molecule has 0 spiro atoms. The molecule has 0 fully saturated rings. The predicted molar refractivity (Wildman–Crippen MR) is 249 cm³/mol. The minimum atomic E-state index is -4.92. The first kappa shape index (κ1) is 68.1. The maximum Gasteiger partial charge on any atom is 1.00 e. The SMILES string of the molecule is COCCOCCOCCOCCN1C(=CC=CC=CC2=[N+](CCCCCC(=O)O)c3ccc(S(=O)(=O)[O-])cc3C2(C)CCCS(=O)(=O)[O-])C(C)(CCCS(=O)(=O)O)c2cc(S(=O)(=O)O)ccc21.[Na+].[Na+].[Na+]. The van der Waals surface area contributed by atoms with Crippen LogP contribution < -0.4 is 93.6 Å². The van der Waals surface area contributed by atoms with Gasteiger partial charge < -0.3 is 38.1 Å². The van der Waals surface area contributed by atoms with Crippen molar-refractivity contribution in [3.8, 4) is 0 Å². The van der Waals surface area contributed by atoms with Gasteiger partial charge in [-0.25, -0.2) is 16.8 Å². The summed E-state index contributed by atoms with van der Waals surface area (Å²) >= 11 is 0. The van der Waals surface area contributed by atoms with Gasteiger partial charge in [0.15, 0.2) is 5.71 Å². The van der Waals surface area contributed by atoms with E-state index in [1.165, 1.54) is 36.4 Å². The molecule has 3 N–H and O–H groups in total. The van der Waals surface area contributed by atoms with Gasteiger partial charge in [0.1, 0.15) is 16.7 Å². The number of carboxylic acids is 1. The zero-order valence-corrected chi connectivity index (χ0v) is 50.5. The van der Waals surface area contributed by atoms with Crippen LogP contribution in [0.4, 0.5) is 11.4 Å². The molecular weight excluding hydrogens is 1040 g/mol. The van der Waals surface area contributed by atoms with Gasteiger partial charge in [0.25, 0.3) is 20.2 Å². The molecule has 2 aromatic rings. The summed E-state index contributed by atoms with van der Waals surface area (Å²) in [7, 11) is -17.0. The number of unbranched alkanes of at least 4 members (excludes halogenated alkanes) is 2. The zero-order valence-electron chi connectivity index (χ0n) is 41.3. The number of hydrogen-bond donors (Lipinski definition) is 3. The average Bonchev–Trinajstić information content (AvgIpc) is 3.60. The maximum atomic E-state index is 12.3. The number of carbonyl (C=O) groups is 1. The smallest absolute Gasteiger partial charge is 0.748 e. The minimum Gasteiger partial charge on any atom is -0.748 e. The van der Waals surface area contributed by atoms with Gasteiger partial charge in [-0.15, -0.1) is 0 Å². The number of benzene rings is 2. The van der Waals surface area contributed by atoms with E-state index in [4.69, 9.17) is 24.1 Å². The second-order valence-electron chi connectivity index (χ2n) is 16.7. The van der Waals surface area contributed by atoms with Gasteiger partial charge in [-0.2, -0.15) is 21.4 Å². The van der Waals surface area contributed by atoms with Crippen LogP contribution in [0.25, 0.3) is 0 Å². The molecule has 0 amide bonds. The molecule has 0 radical (unpaired) electrons. The molecule has 0 aromatic heterocycles. The number of ether oxygens (including phenoxy) is 4. The maximum absolute atomic E-state index is 12.3. The third-order valence-electron chi connectivity index (χ3n) is 11.8. The van der Waals surface area contributed by atoms with Crippen molar-refractivity contribution in [2.75, 3.05) is 82.9 Å². The van der Waals surface area contributed by atoms with Crippen LogP contribution in [0.15, 0.2) is 82.3 Å². The largest absolute Gasteiger partial charge is 1.00 e. The van der Waals surface area contributed by atoms with E-state index in [1.807, 2.05) is 9.48 Å². The summed E-state index contributed by atoms with van der Waals surface area (Å²) in [5.74, 6) is -2.23. The van der Waals surface area contributed by atoms with E-state index in [9.17, 15) is 56.7 Å². The Labute approximate surface area is 484 Å². The molecule has 27 heteroatoms. The van der Waals surface area contributed by atoms with Crippen LogP contribution in [-0.2, 0) is 75.0 Å². The summed E-state index contributed by atoms with van der Waals surface area (Å²) in [5, 5.41) is 9.15. The average molecular weight is 1100 g/mol. The van der Waals surface area contributed by atoms with Crippen molar-refractivity contribution < 1.29 is 174 Å². The Bertz CT molecular complexity index is 2680. The molecule has 0 aliphatic carbocycles. The topological polar surface area (TPSA) is 304 Å². The van der Waals surface area contributed by atoms with Gasteiger partial charge in [-0.1, -0.05) is 18.2 Å². The van der Waals surface area contributed by atoms with Gasteiger partial charge in [0.2, 0.25) is 5.69 Å². The summed E-state index contributed by atoms with van der Waals surface area (Å²) in [5.41, 5.74) is 0.944. The number of methoxy groups -OCH3 is 1. The summed E-state index contributed by atoms with van der Waals surface area (Å²) < 4.78 is 163. The van der Waals surface area contributed by atoms with E-state index < -0.39 is 73.7 Å². The molecule has 4 rings (SSSR count). The van der Waals surface area contributed by atoms with Crippen molar-refractivity contribution in [3.05, 3.63) is 83.6 Å². The Morgan fingerprint density at radius 1 is 0.704 bits per heavy atom. The van der Waals surface area contributed by atoms with Gasteiger partial charge in [0.05, 0.1) is 77.3 Å². The number of fused-ring (bicyclic) bond motifs is 2. The van der Waals surface area contributed by atoms with Crippen molar-refractivity contribution in [1.82, 2.24) is 0 Å². The second kappa shape index (κ2) is 30.7. The Morgan fingerprint density at radius 3 is 1.86 bits per heavy atom. The molecule has 2 aliphatic rings. The molecule has 2 aromatic carbocycles. The van der Waals surface area contributed by atoms with E-state index >= 15 is 0 Å². The first-order valence-electron chi connectivity index (χ1n) is 21.8. The molecule has 20 nitrogen and oxygen atoms in total. The van der Waals surface area contributed by atoms with Gasteiger partial charge >= 0.3 is 94.6 Å². The van der Waals surface area contributed by atoms with Crippen molar-refractivity contribution in [2.45, 2.75) is 85.8 Å². The summed E-state index contributed by atoms with van der Waals surface area (Å²) in [6.07, 6.45) is 9.92. The van der Waals surface area contributed by atoms with Gasteiger partial charge in [-0.05, 0) is 94.3 Å². The second-order valence-corrected chi connectivity index (χ2v) is 22.6. The van der Waals surface area contributed by atoms with Crippen LogP contribution in [0.2, 0.25) is 0 Å². The number of rotatable bonds is 31. The van der Waals surface area contributed by atoms with Gasteiger partial charge in [-0.3, -0.25) is 13.9 Å². The fourth-order valence-electron chi connectivity index (χ4n) is 8.52. The summed E-state index contributed by atoms with van der Waals surface area (Å²) in [6.45, 7) is 6.38. The summed E-state index contributed by atoms with van der Waals surface area (Å²) in [6, 6.07) is 8.02. The monoisotopic (exact) mass is 1100 g/mol. The van der Waals surface area contributed by atoms with Crippen molar-refractivity contribution in [3.63, 3.8) is 0 Å². The van der Waals surface area contributed by atoms with Crippen LogP contribution in [-0.4, -0.2) is 151 Å². The molecule has 0 bridgehead atoms. The van der Waals surface area contributed by atoms with Crippen LogP contribution in [0.3, 0.4) is 0 Å². The van der Waals surface area contributed by atoms with Crippen molar-refractivity contribution in [1.29, 1.82) is 0 Å². The van der Waals surface area contributed by atoms with Crippen LogP contribution in [0.1, 0.15) is 76.3 Å². The van der Waals surface area contributed by atoms with Crippen molar-refractivity contribution in [2.24, 2.45) is 0 Å². The van der Waals surface area contributed by atoms with E-state index in [2.05, 4.69) is 0 Å². The van der Waals surface area contributed by atoms with E-state index in [-0.39, 0.29) is 152 Å². The minimum absolute atomic E-state index is 0. The van der Waals surface area contributed by atoms with Crippen LogP contribution >= 0.6 is 0 Å². The van der Waals surface area contributed by atoms with Crippen molar-refractivity contribution >= 4 is 63.5 Å². The van der Waals surface area contributed by atoms with E-state index in [0.717, 1.165) is 0 Å². The normalized spacial score (nSPS) is 18.7. The van der Waals surface area contributed by atoms with E-state index in [1.54, 1.807) is 51.3 Å².